The molecular weight excluding hydrogens is 154 g/mol. The molecule has 0 fully saturated rings. The van der Waals surface area contributed by atoms with Crippen molar-refractivity contribution >= 4 is 5.91 Å². The van der Waals surface area contributed by atoms with E-state index in [1.165, 1.54) is 6.92 Å². The number of aromatic nitrogens is 2. The minimum atomic E-state index is -0.0155. The quantitative estimate of drug-likeness (QED) is 0.691. The molecule has 4 heteroatoms. The fourth-order valence-corrected chi connectivity index (χ4v) is 1.04. The van der Waals surface area contributed by atoms with Crippen LogP contribution in [0.5, 0.6) is 0 Å². The fourth-order valence-electron chi connectivity index (χ4n) is 1.04. The molecule has 0 aliphatic carbocycles. The van der Waals surface area contributed by atoms with Crippen LogP contribution < -0.4 is 5.32 Å². The Hall–Kier alpha value is -1.32. The molecule has 0 bridgehead atoms. The second-order valence-corrected chi connectivity index (χ2v) is 2.82. The largest absolute Gasteiger partial charge is 0.352 e. The number of rotatable bonds is 2. The normalized spacial score (nSPS) is 9.92. The molecule has 1 N–H and O–H groups in total. The van der Waals surface area contributed by atoms with Crippen LogP contribution in [0.1, 0.15) is 18.2 Å². The van der Waals surface area contributed by atoms with Crippen LogP contribution in [0.15, 0.2) is 6.20 Å². The van der Waals surface area contributed by atoms with Crippen molar-refractivity contribution in [3.8, 4) is 0 Å². The van der Waals surface area contributed by atoms with E-state index in [-0.39, 0.29) is 5.91 Å². The van der Waals surface area contributed by atoms with Gasteiger partial charge in [-0.1, -0.05) is 0 Å². The lowest BCUT2D eigenvalue weighted by atomic mass is 10.2. The second kappa shape index (κ2) is 3.38. The molecule has 0 atom stereocenters. The van der Waals surface area contributed by atoms with Crippen molar-refractivity contribution in [2.24, 2.45) is 7.05 Å². The molecule has 0 radical (unpaired) electrons. The van der Waals surface area contributed by atoms with Gasteiger partial charge < -0.3 is 5.32 Å². The number of amides is 1. The number of hydrogen-bond donors (Lipinski definition) is 1. The molecule has 1 aromatic rings. The van der Waals surface area contributed by atoms with E-state index in [2.05, 4.69) is 10.4 Å². The summed E-state index contributed by atoms with van der Waals surface area (Å²) in [5.41, 5.74) is 2.03. The molecule has 1 aromatic heterocycles. The standard InChI is InChI=1S/C8H13N3O/c1-6-8(4-9-7(2)12)5-11(3)10-6/h5H,4H2,1-3H3,(H,9,12). The Morgan fingerprint density at radius 2 is 2.42 bits per heavy atom. The SMILES string of the molecule is CC(=O)NCc1cn(C)nc1C. The van der Waals surface area contributed by atoms with Gasteiger partial charge >= 0.3 is 0 Å². The van der Waals surface area contributed by atoms with Gasteiger partial charge in [0.1, 0.15) is 0 Å². The molecule has 0 saturated carbocycles. The van der Waals surface area contributed by atoms with E-state index >= 15 is 0 Å². The Morgan fingerprint density at radius 1 is 1.75 bits per heavy atom. The number of nitrogens with one attached hydrogen (secondary N) is 1. The summed E-state index contributed by atoms with van der Waals surface area (Å²) in [4.78, 5) is 10.6. The molecule has 0 aliphatic rings. The summed E-state index contributed by atoms with van der Waals surface area (Å²) in [7, 11) is 1.87. The van der Waals surface area contributed by atoms with E-state index < -0.39 is 0 Å². The van der Waals surface area contributed by atoms with Crippen molar-refractivity contribution in [2.45, 2.75) is 20.4 Å². The maximum atomic E-state index is 10.6. The van der Waals surface area contributed by atoms with Crippen molar-refractivity contribution in [1.82, 2.24) is 15.1 Å². The van der Waals surface area contributed by atoms with Gasteiger partial charge in [-0.05, 0) is 6.92 Å². The van der Waals surface area contributed by atoms with E-state index in [0.29, 0.717) is 6.54 Å². The first kappa shape index (κ1) is 8.77. The average molecular weight is 167 g/mol. The first-order valence-electron chi connectivity index (χ1n) is 3.83. The molecular formula is C8H13N3O. The summed E-state index contributed by atoms with van der Waals surface area (Å²) in [6, 6.07) is 0. The smallest absolute Gasteiger partial charge is 0.217 e. The monoisotopic (exact) mass is 167 g/mol. The Bertz CT molecular complexity index is 290. The predicted octanol–water partition coefficient (Wildman–Crippen LogP) is 0.365. The van der Waals surface area contributed by atoms with Crippen molar-refractivity contribution in [3.63, 3.8) is 0 Å². The van der Waals surface area contributed by atoms with Gasteiger partial charge in [0.2, 0.25) is 5.91 Å². The Balaban J connectivity index is 2.62. The highest BCUT2D eigenvalue weighted by atomic mass is 16.1. The van der Waals surface area contributed by atoms with Gasteiger partial charge in [-0.2, -0.15) is 5.10 Å². The maximum absolute atomic E-state index is 10.6. The van der Waals surface area contributed by atoms with E-state index in [4.69, 9.17) is 0 Å². The van der Waals surface area contributed by atoms with Gasteiger partial charge in [0, 0.05) is 32.3 Å². The van der Waals surface area contributed by atoms with Gasteiger partial charge in [-0.25, -0.2) is 0 Å². The average Bonchev–Trinajstić information content (AvgIpc) is 2.26. The zero-order valence-corrected chi connectivity index (χ0v) is 7.59. The summed E-state index contributed by atoms with van der Waals surface area (Å²) >= 11 is 0. The number of nitrogens with zero attached hydrogens (tertiary/aromatic N) is 2. The Kier molecular flexibility index (Phi) is 2.47. The van der Waals surface area contributed by atoms with E-state index in [9.17, 15) is 4.79 Å². The summed E-state index contributed by atoms with van der Waals surface area (Å²) in [5.74, 6) is -0.0155. The molecule has 12 heavy (non-hydrogen) atoms. The predicted molar refractivity (Wildman–Crippen MR) is 45.5 cm³/mol. The lowest BCUT2D eigenvalue weighted by Crippen LogP contribution is -2.18. The van der Waals surface area contributed by atoms with Crippen molar-refractivity contribution < 1.29 is 4.79 Å². The van der Waals surface area contributed by atoms with Gasteiger partial charge in [0.25, 0.3) is 0 Å². The van der Waals surface area contributed by atoms with Crippen molar-refractivity contribution in [2.75, 3.05) is 0 Å². The molecule has 0 unspecified atom stereocenters. The number of aryl methyl sites for hydroxylation is 2. The minimum Gasteiger partial charge on any atom is -0.352 e. The van der Waals surface area contributed by atoms with Crippen LogP contribution in [0, 0.1) is 6.92 Å². The molecule has 0 saturated heterocycles. The molecule has 1 rings (SSSR count). The Labute approximate surface area is 71.6 Å². The molecule has 0 aliphatic heterocycles. The lowest BCUT2D eigenvalue weighted by molar-refractivity contribution is -0.119. The van der Waals surface area contributed by atoms with Crippen molar-refractivity contribution in [1.29, 1.82) is 0 Å². The fraction of sp³-hybridized carbons (Fsp3) is 0.500. The molecule has 0 spiro atoms. The molecule has 4 nitrogen and oxygen atoms in total. The van der Waals surface area contributed by atoms with Crippen LogP contribution in [-0.2, 0) is 18.4 Å². The molecule has 1 heterocycles. The van der Waals surface area contributed by atoms with Crippen LogP contribution in [0.3, 0.4) is 0 Å². The van der Waals surface area contributed by atoms with Crippen LogP contribution in [-0.4, -0.2) is 15.7 Å². The third kappa shape index (κ3) is 2.08. The number of carbonyl (C=O) groups excluding carboxylic acids is 1. The zero-order chi connectivity index (χ0) is 9.14. The number of carbonyl (C=O) groups is 1. The molecule has 1 amide bonds. The summed E-state index contributed by atoms with van der Waals surface area (Å²) in [6.45, 7) is 4.00. The first-order chi connectivity index (χ1) is 5.59. The van der Waals surface area contributed by atoms with E-state index in [0.717, 1.165) is 11.3 Å². The van der Waals surface area contributed by atoms with Crippen LogP contribution >= 0.6 is 0 Å². The third-order valence-corrected chi connectivity index (χ3v) is 1.64. The van der Waals surface area contributed by atoms with Crippen LogP contribution in [0.4, 0.5) is 0 Å². The van der Waals surface area contributed by atoms with Gasteiger partial charge in [0.05, 0.1) is 5.69 Å². The van der Waals surface area contributed by atoms with Crippen LogP contribution in [0.2, 0.25) is 0 Å². The highest BCUT2D eigenvalue weighted by Crippen LogP contribution is 2.03. The lowest BCUT2D eigenvalue weighted by Gasteiger charge is -1.98. The van der Waals surface area contributed by atoms with Gasteiger partial charge in [-0.15, -0.1) is 0 Å². The molecule has 0 aromatic carbocycles. The zero-order valence-electron chi connectivity index (χ0n) is 7.59. The number of hydrogen-bond acceptors (Lipinski definition) is 2. The first-order valence-corrected chi connectivity index (χ1v) is 3.83. The van der Waals surface area contributed by atoms with E-state index in [1.807, 2.05) is 20.2 Å². The summed E-state index contributed by atoms with van der Waals surface area (Å²) < 4.78 is 1.74. The summed E-state index contributed by atoms with van der Waals surface area (Å²) in [6.07, 6.45) is 1.91. The minimum absolute atomic E-state index is 0.0155. The summed E-state index contributed by atoms with van der Waals surface area (Å²) in [5, 5.41) is 6.88. The highest BCUT2D eigenvalue weighted by molar-refractivity contribution is 5.72. The van der Waals surface area contributed by atoms with Crippen LogP contribution in [0.25, 0.3) is 0 Å². The maximum Gasteiger partial charge on any atom is 0.217 e. The second-order valence-electron chi connectivity index (χ2n) is 2.82. The highest BCUT2D eigenvalue weighted by Gasteiger charge is 2.02. The van der Waals surface area contributed by atoms with Gasteiger partial charge in [0.15, 0.2) is 0 Å². The van der Waals surface area contributed by atoms with Gasteiger partial charge in [-0.3, -0.25) is 9.48 Å². The van der Waals surface area contributed by atoms with E-state index in [1.54, 1.807) is 4.68 Å². The molecule has 66 valence electrons. The third-order valence-electron chi connectivity index (χ3n) is 1.64. The van der Waals surface area contributed by atoms with Crippen molar-refractivity contribution in [3.05, 3.63) is 17.5 Å². The Morgan fingerprint density at radius 3 is 2.83 bits per heavy atom. The topological polar surface area (TPSA) is 46.9 Å².